The van der Waals surface area contributed by atoms with E-state index >= 15 is 0 Å². The third-order valence-electron chi connectivity index (χ3n) is 4.94. The third-order valence-corrected chi connectivity index (χ3v) is 6.10. The molecule has 0 radical (unpaired) electrons. The number of thiophene rings is 1. The number of hydrogen-bond acceptors (Lipinski definition) is 5. The zero-order chi connectivity index (χ0) is 18.1. The summed E-state index contributed by atoms with van der Waals surface area (Å²) in [6.45, 7) is 3.17. The van der Waals surface area contributed by atoms with Gasteiger partial charge in [0.25, 0.3) is 5.56 Å². The lowest BCUT2D eigenvalue weighted by Gasteiger charge is -2.17. The Morgan fingerprint density at radius 2 is 2.04 bits per heavy atom. The van der Waals surface area contributed by atoms with Gasteiger partial charge in [0.05, 0.1) is 25.4 Å². The Morgan fingerprint density at radius 3 is 2.81 bits per heavy atom. The maximum atomic E-state index is 12.9. The van der Waals surface area contributed by atoms with Crippen molar-refractivity contribution >= 4 is 21.6 Å². The lowest BCUT2D eigenvalue weighted by Crippen LogP contribution is -2.24. The van der Waals surface area contributed by atoms with E-state index in [1.54, 1.807) is 29.3 Å². The van der Waals surface area contributed by atoms with Crippen molar-refractivity contribution in [1.82, 2.24) is 9.55 Å². The van der Waals surface area contributed by atoms with Gasteiger partial charge in [-0.05, 0) is 55.0 Å². The third kappa shape index (κ3) is 3.21. The molecule has 0 amide bonds. The van der Waals surface area contributed by atoms with Gasteiger partial charge < -0.3 is 9.47 Å². The number of rotatable bonds is 5. The van der Waals surface area contributed by atoms with E-state index in [0.717, 1.165) is 41.0 Å². The summed E-state index contributed by atoms with van der Waals surface area (Å²) in [5, 5.41) is 0.823. The molecule has 1 aliphatic rings. The Labute approximate surface area is 156 Å². The van der Waals surface area contributed by atoms with Crippen LogP contribution in [0.3, 0.4) is 0 Å². The normalized spacial score (nSPS) is 16.5. The maximum absolute atomic E-state index is 12.9. The number of nitrogens with zero attached hydrogens (tertiary/aromatic N) is 2. The summed E-state index contributed by atoms with van der Waals surface area (Å²) in [7, 11) is 1.63. The van der Waals surface area contributed by atoms with Crippen molar-refractivity contribution in [2.45, 2.75) is 32.7 Å². The fraction of sp³-hybridized carbons (Fsp3) is 0.400. The Hall–Kier alpha value is -2.34. The summed E-state index contributed by atoms with van der Waals surface area (Å²) in [5.41, 5.74) is 1.28. The van der Waals surface area contributed by atoms with Gasteiger partial charge in [-0.15, -0.1) is 11.3 Å². The topological polar surface area (TPSA) is 53.4 Å². The lowest BCUT2D eigenvalue weighted by molar-refractivity contribution is 0.295. The van der Waals surface area contributed by atoms with Gasteiger partial charge in [0, 0.05) is 4.88 Å². The molecule has 0 saturated carbocycles. The van der Waals surface area contributed by atoms with Gasteiger partial charge in [0.2, 0.25) is 0 Å². The summed E-state index contributed by atoms with van der Waals surface area (Å²) >= 11 is 1.68. The van der Waals surface area contributed by atoms with Crippen molar-refractivity contribution in [3.8, 4) is 11.5 Å². The number of hydrogen-bond donors (Lipinski definition) is 0. The Balaban J connectivity index is 1.51. The van der Waals surface area contributed by atoms with Crippen LogP contribution in [0.1, 0.15) is 23.8 Å². The van der Waals surface area contributed by atoms with Gasteiger partial charge in [0.1, 0.15) is 22.9 Å². The van der Waals surface area contributed by atoms with Gasteiger partial charge in [0.15, 0.2) is 0 Å². The first-order valence-electron chi connectivity index (χ1n) is 8.92. The monoisotopic (exact) mass is 370 g/mol. The molecule has 0 fully saturated rings. The van der Waals surface area contributed by atoms with E-state index in [1.165, 1.54) is 10.4 Å². The van der Waals surface area contributed by atoms with Gasteiger partial charge in [-0.25, -0.2) is 4.98 Å². The molecule has 1 aromatic carbocycles. The Kier molecular flexibility index (Phi) is 4.68. The molecule has 0 spiro atoms. The highest BCUT2D eigenvalue weighted by Crippen LogP contribution is 2.35. The molecule has 26 heavy (non-hydrogen) atoms. The fourth-order valence-electron chi connectivity index (χ4n) is 3.46. The van der Waals surface area contributed by atoms with Crippen molar-refractivity contribution in [2.75, 3.05) is 13.7 Å². The van der Waals surface area contributed by atoms with E-state index in [4.69, 9.17) is 9.47 Å². The van der Waals surface area contributed by atoms with Crippen molar-refractivity contribution < 1.29 is 9.47 Å². The molecule has 0 unspecified atom stereocenters. The highest BCUT2D eigenvalue weighted by Gasteiger charge is 2.23. The first-order chi connectivity index (χ1) is 12.7. The van der Waals surface area contributed by atoms with Crippen molar-refractivity contribution in [3.05, 3.63) is 51.4 Å². The van der Waals surface area contributed by atoms with Gasteiger partial charge in [-0.2, -0.15) is 0 Å². The van der Waals surface area contributed by atoms with Crippen molar-refractivity contribution in [1.29, 1.82) is 0 Å². The average molecular weight is 370 g/mol. The standard InChI is InChI=1S/C20H22N2O3S/c1-13-3-8-16-17(11-13)26-19-18(16)20(23)22(12-21-19)9-10-25-15-6-4-14(24-2)5-7-15/h4-7,12-13H,3,8-11H2,1-2H3/t13-/m1/s1. The van der Waals surface area contributed by atoms with Crippen molar-refractivity contribution in [2.24, 2.45) is 5.92 Å². The molecule has 136 valence electrons. The molecule has 5 nitrogen and oxygen atoms in total. The van der Waals surface area contributed by atoms with E-state index in [9.17, 15) is 4.79 Å². The van der Waals surface area contributed by atoms with E-state index in [2.05, 4.69) is 11.9 Å². The Morgan fingerprint density at radius 1 is 1.27 bits per heavy atom. The molecule has 2 aromatic heterocycles. The van der Waals surface area contributed by atoms with Crippen LogP contribution < -0.4 is 15.0 Å². The van der Waals surface area contributed by atoms with Crippen LogP contribution >= 0.6 is 11.3 Å². The minimum absolute atomic E-state index is 0.0559. The predicted molar refractivity (Wildman–Crippen MR) is 104 cm³/mol. The molecule has 0 saturated heterocycles. The molecule has 0 aliphatic heterocycles. The number of fused-ring (bicyclic) bond motifs is 3. The predicted octanol–water partition coefficient (Wildman–Crippen LogP) is 3.67. The van der Waals surface area contributed by atoms with Gasteiger partial charge >= 0.3 is 0 Å². The van der Waals surface area contributed by atoms with Crippen LogP contribution in [0.2, 0.25) is 0 Å². The lowest BCUT2D eigenvalue weighted by atomic mass is 9.89. The Bertz CT molecular complexity index is 975. The number of ether oxygens (including phenoxy) is 2. The smallest absolute Gasteiger partial charge is 0.262 e. The van der Waals surface area contributed by atoms with Crippen molar-refractivity contribution in [3.63, 3.8) is 0 Å². The maximum Gasteiger partial charge on any atom is 0.262 e. The number of benzene rings is 1. The van der Waals surface area contributed by atoms with Crippen LogP contribution in [0.4, 0.5) is 0 Å². The largest absolute Gasteiger partial charge is 0.497 e. The second-order valence-electron chi connectivity index (χ2n) is 6.80. The molecule has 1 aliphatic carbocycles. The number of methoxy groups -OCH3 is 1. The first kappa shape index (κ1) is 17.1. The zero-order valence-corrected chi connectivity index (χ0v) is 15.8. The molecule has 0 N–H and O–H groups in total. The molecular weight excluding hydrogens is 348 g/mol. The van der Waals surface area contributed by atoms with Crippen LogP contribution in [0.15, 0.2) is 35.4 Å². The molecular formula is C20H22N2O3S. The van der Waals surface area contributed by atoms with E-state index < -0.39 is 0 Å². The summed E-state index contributed by atoms with van der Waals surface area (Å²) in [6, 6.07) is 7.43. The quantitative estimate of drug-likeness (QED) is 0.688. The highest BCUT2D eigenvalue weighted by molar-refractivity contribution is 7.18. The second-order valence-corrected chi connectivity index (χ2v) is 7.88. The van der Waals surface area contributed by atoms with Crippen LogP contribution in [0.25, 0.3) is 10.2 Å². The van der Waals surface area contributed by atoms with E-state index in [-0.39, 0.29) is 5.56 Å². The summed E-state index contributed by atoms with van der Waals surface area (Å²) in [4.78, 5) is 19.7. The van der Waals surface area contributed by atoms with E-state index in [0.29, 0.717) is 19.1 Å². The summed E-state index contributed by atoms with van der Waals surface area (Å²) in [5.74, 6) is 2.24. The molecule has 1 atom stereocenters. The van der Waals surface area contributed by atoms with Crippen LogP contribution in [0.5, 0.6) is 11.5 Å². The minimum Gasteiger partial charge on any atom is -0.497 e. The molecule has 4 rings (SSSR count). The molecule has 6 heteroatoms. The highest BCUT2D eigenvalue weighted by atomic mass is 32.1. The number of aryl methyl sites for hydroxylation is 1. The van der Waals surface area contributed by atoms with Crippen LogP contribution in [0, 0.1) is 5.92 Å². The minimum atomic E-state index is 0.0559. The van der Waals surface area contributed by atoms with Gasteiger partial charge in [-0.3, -0.25) is 9.36 Å². The molecule has 2 heterocycles. The summed E-state index contributed by atoms with van der Waals surface area (Å²) < 4.78 is 12.5. The van der Waals surface area contributed by atoms with E-state index in [1.807, 2.05) is 24.3 Å². The van der Waals surface area contributed by atoms with Gasteiger partial charge in [-0.1, -0.05) is 6.92 Å². The number of aromatic nitrogens is 2. The van der Waals surface area contributed by atoms with Crippen LogP contribution in [-0.2, 0) is 19.4 Å². The molecule has 3 aromatic rings. The summed E-state index contributed by atoms with van der Waals surface area (Å²) in [6.07, 6.45) is 4.84. The average Bonchev–Trinajstić information content (AvgIpc) is 3.02. The zero-order valence-electron chi connectivity index (χ0n) is 15.0. The fourth-order valence-corrected chi connectivity index (χ4v) is 4.80. The first-order valence-corrected chi connectivity index (χ1v) is 9.74. The second kappa shape index (κ2) is 7.11. The molecule has 0 bridgehead atoms. The van der Waals surface area contributed by atoms with Crippen LogP contribution in [-0.4, -0.2) is 23.3 Å². The SMILES string of the molecule is COc1ccc(OCCn2cnc3sc4c(c3c2=O)CC[C@@H](C)C4)cc1.